The van der Waals surface area contributed by atoms with Crippen molar-refractivity contribution in [2.24, 2.45) is 0 Å². The van der Waals surface area contributed by atoms with Gasteiger partial charge in [0.2, 0.25) is 16.2 Å². The van der Waals surface area contributed by atoms with E-state index in [9.17, 15) is 4.79 Å². The molecule has 0 saturated carbocycles. The Morgan fingerprint density at radius 2 is 1.80 bits per heavy atom. The molecule has 3 rings (SSSR count). The first-order valence-electron chi connectivity index (χ1n) is 7.39. The highest BCUT2D eigenvalue weighted by Gasteiger charge is 2.25. The van der Waals surface area contributed by atoms with Gasteiger partial charge in [0.1, 0.15) is 0 Å². The molecule has 110 valence electrons. The largest absolute Gasteiger partial charge is 0.344 e. The van der Waals surface area contributed by atoms with E-state index in [0.29, 0.717) is 6.42 Å². The van der Waals surface area contributed by atoms with Gasteiger partial charge in [0.15, 0.2) is 0 Å². The molecule has 1 amide bonds. The maximum atomic E-state index is 11.9. The molecule has 1 aromatic rings. The summed E-state index contributed by atoms with van der Waals surface area (Å²) in [5, 5.41) is 10.2. The van der Waals surface area contributed by atoms with Crippen molar-refractivity contribution in [1.82, 2.24) is 15.1 Å². The highest BCUT2D eigenvalue weighted by atomic mass is 32.1. The molecule has 0 atom stereocenters. The normalized spacial score (nSPS) is 21.6. The first-order valence-corrected chi connectivity index (χ1v) is 8.20. The topological polar surface area (TPSA) is 52.6 Å². The monoisotopic (exact) mass is 295 g/mol. The van der Waals surface area contributed by atoms with Crippen molar-refractivity contribution in [3.63, 3.8) is 0 Å². The number of hydrogen-bond acceptors (Lipinski definition) is 6. The smallest absolute Gasteiger partial charge is 0.228 e. The van der Waals surface area contributed by atoms with Crippen molar-refractivity contribution >= 4 is 27.5 Å². The standard InChI is InChI=1S/C13H21N5OS/c1-2-16-7-9-17(10-8-16)12-14-15-13(20-12)18-6-4-3-5-11(18)19/h2-10H2,1H3. The lowest BCUT2D eigenvalue weighted by molar-refractivity contribution is -0.119. The van der Waals surface area contributed by atoms with Crippen LogP contribution >= 0.6 is 11.3 Å². The number of rotatable bonds is 3. The number of hydrogen-bond donors (Lipinski definition) is 0. The quantitative estimate of drug-likeness (QED) is 0.838. The Balaban J connectivity index is 1.66. The van der Waals surface area contributed by atoms with Crippen LogP contribution in [0.15, 0.2) is 0 Å². The van der Waals surface area contributed by atoms with Crippen LogP contribution in [0.2, 0.25) is 0 Å². The molecule has 20 heavy (non-hydrogen) atoms. The molecule has 0 unspecified atom stereocenters. The molecule has 2 aliphatic rings. The Morgan fingerprint density at radius 3 is 2.50 bits per heavy atom. The third-order valence-corrected chi connectivity index (χ3v) is 5.06. The van der Waals surface area contributed by atoms with Crippen LogP contribution in [0.5, 0.6) is 0 Å². The molecular weight excluding hydrogens is 274 g/mol. The van der Waals surface area contributed by atoms with E-state index in [1.165, 1.54) is 0 Å². The molecule has 7 heteroatoms. The predicted molar refractivity (Wildman–Crippen MR) is 80.4 cm³/mol. The van der Waals surface area contributed by atoms with Gasteiger partial charge in [-0.15, -0.1) is 10.2 Å². The van der Waals surface area contributed by atoms with Crippen molar-refractivity contribution in [3.05, 3.63) is 0 Å². The van der Waals surface area contributed by atoms with Gasteiger partial charge in [-0.05, 0) is 19.4 Å². The molecular formula is C13H21N5OS. The molecule has 0 radical (unpaired) electrons. The van der Waals surface area contributed by atoms with Gasteiger partial charge < -0.3 is 9.80 Å². The summed E-state index contributed by atoms with van der Waals surface area (Å²) < 4.78 is 0. The summed E-state index contributed by atoms with van der Waals surface area (Å²) in [6, 6.07) is 0. The molecule has 0 N–H and O–H groups in total. The number of anilines is 2. The minimum Gasteiger partial charge on any atom is -0.344 e. The number of carbonyl (C=O) groups excluding carboxylic acids is 1. The van der Waals surface area contributed by atoms with Gasteiger partial charge in [0, 0.05) is 39.1 Å². The minimum atomic E-state index is 0.190. The van der Waals surface area contributed by atoms with E-state index in [4.69, 9.17) is 0 Å². The van der Waals surface area contributed by atoms with E-state index in [-0.39, 0.29) is 5.91 Å². The zero-order chi connectivity index (χ0) is 13.9. The van der Waals surface area contributed by atoms with Crippen molar-refractivity contribution < 1.29 is 4.79 Å². The molecule has 1 aromatic heterocycles. The number of carbonyl (C=O) groups is 1. The van der Waals surface area contributed by atoms with Crippen LogP contribution < -0.4 is 9.80 Å². The summed E-state index contributed by atoms with van der Waals surface area (Å²) in [7, 11) is 0. The lowest BCUT2D eigenvalue weighted by Gasteiger charge is -2.33. The Bertz CT molecular complexity index is 469. The van der Waals surface area contributed by atoms with Gasteiger partial charge in [0.25, 0.3) is 0 Å². The number of likely N-dealkylation sites (N-methyl/N-ethyl adjacent to an activating group) is 1. The van der Waals surface area contributed by atoms with E-state index in [1.807, 2.05) is 0 Å². The van der Waals surface area contributed by atoms with Crippen LogP contribution in [0.4, 0.5) is 10.3 Å². The highest BCUT2D eigenvalue weighted by molar-refractivity contribution is 7.19. The van der Waals surface area contributed by atoms with Crippen molar-refractivity contribution in [2.75, 3.05) is 49.1 Å². The van der Waals surface area contributed by atoms with Crippen LogP contribution in [0.1, 0.15) is 26.2 Å². The van der Waals surface area contributed by atoms with E-state index >= 15 is 0 Å². The van der Waals surface area contributed by atoms with E-state index in [0.717, 1.165) is 62.4 Å². The van der Waals surface area contributed by atoms with E-state index < -0.39 is 0 Å². The summed E-state index contributed by atoms with van der Waals surface area (Å²) in [4.78, 5) is 18.4. The molecule has 3 heterocycles. The first-order chi connectivity index (χ1) is 9.78. The lowest BCUT2D eigenvalue weighted by atomic mass is 10.1. The van der Waals surface area contributed by atoms with Crippen LogP contribution in [-0.2, 0) is 4.79 Å². The number of aromatic nitrogens is 2. The Morgan fingerprint density at radius 1 is 1.05 bits per heavy atom. The molecule has 2 aliphatic heterocycles. The third-order valence-electron chi connectivity index (χ3n) is 4.05. The minimum absolute atomic E-state index is 0.190. The Kier molecular flexibility index (Phi) is 4.16. The summed E-state index contributed by atoms with van der Waals surface area (Å²) in [6.07, 6.45) is 2.71. The predicted octanol–water partition coefficient (Wildman–Crippen LogP) is 1.20. The number of amides is 1. The van der Waals surface area contributed by atoms with E-state index in [2.05, 4.69) is 26.9 Å². The fourth-order valence-corrected chi connectivity index (χ4v) is 3.65. The summed E-state index contributed by atoms with van der Waals surface area (Å²) >= 11 is 1.55. The molecule has 0 bridgehead atoms. The third kappa shape index (κ3) is 2.78. The van der Waals surface area contributed by atoms with Crippen LogP contribution in [0, 0.1) is 0 Å². The average Bonchev–Trinajstić information content (AvgIpc) is 2.97. The van der Waals surface area contributed by atoms with Crippen molar-refractivity contribution in [3.8, 4) is 0 Å². The van der Waals surface area contributed by atoms with Gasteiger partial charge in [0.05, 0.1) is 0 Å². The van der Waals surface area contributed by atoms with Crippen molar-refractivity contribution in [1.29, 1.82) is 0 Å². The second kappa shape index (κ2) is 6.05. The molecule has 0 aliphatic carbocycles. The zero-order valence-corrected chi connectivity index (χ0v) is 12.7. The second-order valence-electron chi connectivity index (χ2n) is 5.29. The fraction of sp³-hybridized carbons (Fsp3) is 0.769. The maximum Gasteiger partial charge on any atom is 0.228 e. The second-order valence-corrected chi connectivity index (χ2v) is 6.23. The van der Waals surface area contributed by atoms with Gasteiger partial charge in [-0.2, -0.15) is 0 Å². The maximum absolute atomic E-state index is 11.9. The van der Waals surface area contributed by atoms with Gasteiger partial charge >= 0.3 is 0 Å². The van der Waals surface area contributed by atoms with Crippen molar-refractivity contribution in [2.45, 2.75) is 26.2 Å². The van der Waals surface area contributed by atoms with Crippen LogP contribution in [-0.4, -0.2) is 60.3 Å². The fourth-order valence-electron chi connectivity index (χ4n) is 2.71. The number of nitrogens with zero attached hydrogens (tertiary/aromatic N) is 5. The Hall–Kier alpha value is -1.21. The van der Waals surface area contributed by atoms with Gasteiger partial charge in [-0.25, -0.2) is 0 Å². The summed E-state index contributed by atoms with van der Waals surface area (Å²) in [5.41, 5.74) is 0. The molecule has 2 fully saturated rings. The average molecular weight is 295 g/mol. The Labute approximate surface area is 123 Å². The van der Waals surface area contributed by atoms with Gasteiger partial charge in [-0.1, -0.05) is 18.3 Å². The SMILES string of the molecule is CCN1CCN(c2nnc(N3CCCCC3=O)s2)CC1. The number of piperidine rings is 1. The van der Waals surface area contributed by atoms with Crippen LogP contribution in [0.3, 0.4) is 0 Å². The lowest BCUT2D eigenvalue weighted by Crippen LogP contribution is -2.46. The molecule has 2 saturated heterocycles. The molecule has 0 spiro atoms. The summed E-state index contributed by atoms with van der Waals surface area (Å²) in [5.74, 6) is 0.190. The first kappa shape index (κ1) is 13.8. The summed E-state index contributed by atoms with van der Waals surface area (Å²) in [6.45, 7) is 8.24. The van der Waals surface area contributed by atoms with Crippen LogP contribution in [0.25, 0.3) is 0 Å². The highest BCUT2D eigenvalue weighted by Crippen LogP contribution is 2.29. The van der Waals surface area contributed by atoms with Gasteiger partial charge in [-0.3, -0.25) is 9.69 Å². The zero-order valence-electron chi connectivity index (χ0n) is 11.9. The molecule has 6 nitrogen and oxygen atoms in total. The molecule has 0 aromatic carbocycles. The number of piperazine rings is 1. The van der Waals surface area contributed by atoms with E-state index in [1.54, 1.807) is 16.2 Å².